The molecule has 6 heteroatoms. The van der Waals surface area contributed by atoms with Gasteiger partial charge in [0.15, 0.2) is 11.6 Å². The van der Waals surface area contributed by atoms with Crippen LogP contribution in [0.4, 0.5) is 10.2 Å². The fourth-order valence-corrected chi connectivity index (χ4v) is 3.11. The lowest BCUT2D eigenvalue weighted by Crippen LogP contribution is -2.51. The standard InChI is InChI=1S/C14H22FN5/c1-2-12-13(15)14(18-10-17-12)20-7-5-19(6-8-20)11-3-4-16-9-11/h10-11,16H,2-9H2,1H3. The smallest absolute Gasteiger partial charge is 0.187 e. The highest BCUT2D eigenvalue weighted by atomic mass is 19.1. The van der Waals surface area contributed by atoms with Gasteiger partial charge in [0, 0.05) is 38.8 Å². The summed E-state index contributed by atoms with van der Waals surface area (Å²) in [7, 11) is 0. The fourth-order valence-electron chi connectivity index (χ4n) is 3.11. The normalized spacial score (nSPS) is 24.3. The monoisotopic (exact) mass is 279 g/mol. The number of aromatic nitrogens is 2. The first kappa shape index (κ1) is 13.7. The van der Waals surface area contributed by atoms with Gasteiger partial charge in [0.1, 0.15) is 6.33 Å². The lowest BCUT2D eigenvalue weighted by molar-refractivity contribution is 0.196. The second-order valence-corrected chi connectivity index (χ2v) is 5.48. The van der Waals surface area contributed by atoms with Gasteiger partial charge in [-0.1, -0.05) is 6.92 Å². The van der Waals surface area contributed by atoms with Crippen LogP contribution in [0.25, 0.3) is 0 Å². The van der Waals surface area contributed by atoms with Gasteiger partial charge in [-0.05, 0) is 19.4 Å². The molecular formula is C14H22FN5. The molecule has 2 aliphatic heterocycles. The average Bonchev–Trinajstić information content (AvgIpc) is 3.02. The van der Waals surface area contributed by atoms with E-state index in [9.17, 15) is 4.39 Å². The van der Waals surface area contributed by atoms with Crippen LogP contribution in [-0.4, -0.2) is 60.2 Å². The molecule has 0 bridgehead atoms. The highest BCUT2D eigenvalue weighted by Gasteiger charge is 2.27. The summed E-state index contributed by atoms with van der Waals surface area (Å²) in [6.07, 6.45) is 3.31. The van der Waals surface area contributed by atoms with E-state index in [1.54, 1.807) is 0 Å². The molecule has 5 nitrogen and oxygen atoms in total. The Morgan fingerprint density at radius 1 is 1.30 bits per heavy atom. The topological polar surface area (TPSA) is 44.3 Å². The Morgan fingerprint density at radius 3 is 2.75 bits per heavy atom. The number of anilines is 1. The molecule has 1 aromatic heterocycles. The molecule has 3 rings (SSSR count). The number of rotatable bonds is 3. The highest BCUT2D eigenvalue weighted by molar-refractivity contribution is 5.41. The van der Waals surface area contributed by atoms with E-state index in [4.69, 9.17) is 0 Å². The molecule has 0 aliphatic carbocycles. The van der Waals surface area contributed by atoms with Crippen LogP contribution in [0.3, 0.4) is 0 Å². The molecule has 2 aliphatic rings. The number of nitrogens with one attached hydrogen (secondary N) is 1. The SMILES string of the molecule is CCc1ncnc(N2CCN(C3CCNC3)CC2)c1F. The van der Waals surface area contributed by atoms with Gasteiger partial charge < -0.3 is 10.2 Å². The predicted octanol–water partition coefficient (Wildman–Crippen LogP) is 0.662. The van der Waals surface area contributed by atoms with Crippen LogP contribution in [0.15, 0.2) is 6.33 Å². The number of piperazine rings is 1. The molecule has 2 saturated heterocycles. The van der Waals surface area contributed by atoms with Crippen molar-refractivity contribution in [1.82, 2.24) is 20.2 Å². The molecule has 3 heterocycles. The minimum Gasteiger partial charge on any atom is -0.352 e. The summed E-state index contributed by atoms with van der Waals surface area (Å²) in [4.78, 5) is 12.7. The summed E-state index contributed by atoms with van der Waals surface area (Å²) < 4.78 is 14.3. The Balaban J connectivity index is 1.65. The summed E-state index contributed by atoms with van der Waals surface area (Å²) in [6, 6.07) is 0.651. The molecule has 0 radical (unpaired) electrons. The zero-order chi connectivity index (χ0) is 13.9. The molecule has 0 aromatic carbocycles. The number of halogens is 1. The number of aryl methyl sites for hydroxylation is 1. The van der Waals surface area contributed by atoms with Crippen molar-refractivity contribution in [2.24, 2.45) is 0 Å². The Hall–Kier alpha value is -1.27. The van der Waals surface area contributed by atoms with Gasteiger partial charge in [-0.15, -0.1) is 0 Å². The van der Waals surface area contributed by atoms with Crippen molar-refractivity contribution in [3.05, 3.63) is 17.8 Å². The van der Waals surface area contributed by atoms with Gasteiger partial charge >= 0.3 is 0 Å². The summed E-state index contributed by atoms with van der Waals surface area (Å²) in [5, 5.41) is 3.40. The first-order valence-corrected chi connectivity index (χ1v) is 7.48. The van der Waals surface area contributed by atoms with Crippen LogP contribution < -0.4 is 10.2 Å². The Kier molecular flexibility index (Phi) is 4.12. The molecular weight excluding hydrogens is 257 g/mol. The van der Waals surface area contributed by atoms with Crippen molar-refractivity contribution in [2.45, 2.75) is 25.8 Å². The third-order valence-electron chi connectivity index (χ3n) is 4.34. The zero-order valence-electron chi connectivity index (χ0n) is 12.0. The Bertz CT molecular complexity index is 453. The van der Waals surface area contributed by atoms with Gasteiger partial charge in [-0.25, -0.2) is 14.4 Å². The molecule has 20 heavy (non-hydrogen) atoms. The third-order valence-corrected chi connectivity index (χ3v) is 4.34. The number of hydrogen-bond acceptors (Lipinski definition) is 5. The van der Waals surface area contributed by atoms with E-state index in [1.807, 2.05) is 6.92 Å². The van der Waals surface area contributed by atoms with Crippen LogP contribution in [0.2, 0.25) is 0 Å². The minimum absolute atomic E-state index is 0.244. The van der Waals surface area contributed by atoms with Crippen molar-refractivity contribution in [2.75, 3.05) is 44.2 Å². The largest absolute Gasteiger partial charge is 0.352 e. The summed E-state index contributed by atoms with van der Waals surface area (Å²) in [6.45, 7) is 7.77. The maximum Gasteiger partial charge on any atom is 0.187 e. The second kappa shape index (κ2) is 6.01. The third kappa shape index (κ3) is 2.62. The van der Waals surface area contributed by atoms with Gasteiger partial charge in [0.2, 0.25) is 0 Å². The summed E-state index contributed by atoms with van der Waals surface area (Å²) in [5.74, 6) is 0.229. The predicted molar refractivity (Wildman–Crippen MR) is 76.4 cm³/mol. The first-order valence-electron chi connectivity index (χ1n) is 7.48. The van der Waals surface area contributed by atoms with Crippen molar-refractivity contribution in [3.8, 4) is 0 Å². The summed E-state index contributed by atoms with van der Waals surface area (Å²) >= 11 is 0. The molecule has 0 amide bonds. The zero-order valence-corrected chi connectivity index (χ0v) is 12.0. The summed E-state index contributed by atoms with van der Waals surface area (Å²) in [5.41, 5.74) is 0.512. The lowest BCUT2D eigenvalue weighted by Gasteiger charge is -2.38. The van der Waals surface area contributed by atoms with E-state index in [1.165, 1.54) is 12.7 Å². The minimum atomic E-state index is -0.244. The van der Waals surface area contributed by atoms with E-state index in [-0.39, 0.29) is 5.82 Å². The molecule has 1 atom stereocenters. The van der Waals surface area contributed by atoms with Gasteiger partial charge in [-0.2, -0.15) is 0 Å². The van der Waals surface area contributed by atoms with Gasteiger partial charge in [-0.3, -0.25) is 4.90 Å². The van der Waals surface area contributed by atoms with Crippen LogP contribution in [-0.2, 0) is 6.42 Å². The second-order valence-electron chi connectivity index (χ2n) is 5.48. The van der Waals surface area contributed by atoms with Crippen molar-refractivity contribution < 1.29 is 4.39 Å². The first-order chi connectivity index (χ1) is 9.79. The van der Waals surface area contributed by atoms with E-state index < -0.39 is 0 Å². The molecule has 110 valence electrons. The molecule has 0 spiro atoms. The van der Waals surface area contributed by atoms with E-state index in [2.05, 4.69) is 25.1 Å². The average molecular weight is 279 g/mol. The molecule has 2 fully saturated rings. The van der Waals surface area contributed by atoms with E-state index in [0.29, 0.717) is 24.0 Å². The highest BCUT2D eigenvalue weighted by Crippen LogP contribution is 2.21. The quantitative estimate of drug-likeness (QED) is 0.881. The van der Waals surface area contributed by atoms with Crippen LogP contribution in [0.1, 0.15) is 19.0 Å². The molecule has 1 aromatic rings. The van der Waals surface area contributed by atoms with Crippen molar-refractivity contribution in [3.63, 3.8) is 0 Å². The van der Waals surface area contributed by atoms with E-state index in [0.717, 1.165) is 39.3 Å². The van der Waals surface area contributed by atoms with Crippen molar-refractivity contribution in [1.29, 1.82) is 0 Å². The maximum atomic E-state index is 14.3. The molecule has 0 saturated carbocycles. The van der Waals surface area contributed by atoms with Gasteiger partial charge in [0.25, 0.3) is 0 Å². The Morgan fingerprint density at radius 2 is 2.10 bits per heavy atom. The van der Waals surface area contributed by atoms with E-state index >= 15 is 0 Å². The molecule has 1 N–H and O–H groups in total. The van der Waals surface area contributed by atoms with Crippen LogP contribution in [0, 0.1) is 5.82 Å². The van der Waals surface area contributed by atoms with Crippen LogP contribution >= 0.6 is 0 Å². The fraction of sp³-hybridized carbons (Fsp3) is 0.714. The number of nitrogens with zero attached hydrogens (tertiary/aromatic N) is 4. The van der Waals surface area contributed by atoms with Gasteiger partial charge in [0.05, 0.1) is 5.69 Å². The van der Waals surface area contributed by atoms with Crippen molar-refractivity contribution >= 4 is 5.82 Å². The lowest BCUT2D eigenvalue weighted by atomic mass is 10.2. The van der Waals surface area contributed by atoms with Crippen LogP contribution in [0.5, 0.6) is 0 Å². The maximum absolute atomic E-state index is 14.3. The molecule has 1 unspecified atom stereocenters. The Labute approximate surface area is 119 Å². The number of hydrogen-bond donors (Lipinski definition) is 1.